The Bertz CT molecular complexity index is 128. The number of ketones is 2. The van der Waals surface area contributed by atoms with Gasteiger partial charge in [-0.25, -0.2) is 0 Å². The second-order valence-electron chi connectivity index (χ2n) is 1.49. The summed E-state index contributed by atoms with van der Waals surface area (Å²) in [5.41, 5.74) is 0. The normalized spacial score (nSPS) is 8.12. The molecule has 0 aromatic carbocycles. The number of carbonyl (C=O) groups excluding carboxylic acids is 2. The fourth-order valence-corrected chi connectivity index (χ4v) is 0.296. The molecule has 0 saturated carbocycles. The first kappa shape index (κ1) is 7.01. The standard InChI is InChI=1S/C5H7NO2/c1-4(7)2-5(8)3-6/h3,6H,2H2,1H3. The molecular weight excluding hydrogens is 106 g/mol. The van der Waals surface area contributed by atoms with Gasteiger partial charge in [0.1, 0.15) is 5.78 Å². The molecule has 0 aliphatic carbocycles. The average molecular weight is 113 g/mol. The van der Waals surface area contributed by atoms with Gasteiger partial charge in [0.15, 0.2) is 5.78 Å². The molecule has 0 radical (unpaired) electrons. The zero-order valence-electron chi connectivity index (χ0n) is 4.60. The van der Waals surface area contributed by atoms with Crippen molar-refractivity contribution >= 4 is 17.8 Å². The second kappa shape index (κ2) is 3.07. The molecule has 0 rings (SSSR count). The molecular formula is C5H7NO2. The molecule has 1 N–H and O–H groups in total. The molecule has 0 heterocycles. The first-order chi connectivity index (χ1) is 3.66. The maximum atomic E-state index is 10.2. The van der Waals surface area contributed by atoms with Crippen LogP contribution < -0.4 is 0 Å². The van der Waals surface area contributed by atoms with Crippen LogP contribution in [0.15, 0.2) is 0 Å². The van der Waals surface area contributed by atoms with E-state index in [0.717, 1.165) is 0 Å². The summed E-state index contributed by atoms with van der Waals surface area (Å²) in [5, 5.41) is 6.38. The van der Waals surface area contributed by atoms with Crippen molar-refractivity contribution in [1.82, 2.24) is 0 Å². The number of hydrogen-bond acceptors (Lipinski definition) is 3. The van der Waals surface area contributed by atoms with Crippen molar-refractivity contribution in [2.45, 2.75) is 13.3 Å². The third-order valence-electron chi connectivity index (χ3n) is 0.584. The van der Waals surface area contributed by atoms with Crippen LogP contribution in [0.1, 0.15) is 13.3 Å². The molecule has 0 aliphatic rings. The van der Waals surface area contributed by atoms with Gasteiger partial charge in [0.2, 0.25) is 0 Å². The molecule has 0 bridgehead atoms. The van der Waals surface area contributed by atoms with Crippen molar-refractivity contribution in [2.75, 3.05) is 0 Å². The lowest BCUT2D eigenvalue weighted by molar-refractivity contribution is -0.122. The quantitative estimate of drug-likeness (QED) is 0.419. The summed E-state index contributed by atoms with van der Waals surface area (Å²) in [4.78, 5) is 20.2. The molecule has 0 atom stereocenters. The highest BCUT2D eigenvalue weighted by Crippen LogP contribution is 1.79. The summed E-state index contributed by atoms with van der Waals surface area (Å²) in [6.45, 7) is 1.32. The van der Waals surface area contributed by atoms with E-state index in [1.807, 2.05) is 0 Å². The van der Waals surface area contributed by atoms with E-state index in [4.69, 9.17) is 5.41 Å². The monoisotopic (exact) mass is 113 g/mol. The van der Waals surface area contributed by atoms with Gasteiger partial charge >= 0.3 is 0 Å². The van der Waals surface area contributed by atoms with Crippen LogP contribution in [0.2, 0.25) is 0 Å². The van der Waals surface area contributed by atoms with Crippen molar-refractivity contribution in [3.8, 4) is 0 Å². The molecule has 0 spiro atoms. The molecule has 3 nitrogen and oxygen atoms in total. The predicted molar refractivity (Wildman–Crippen MR) is 29.1 cm³/mol. The SMILES string of the molecule is CC(=O)CC(=O)C=N. The zero-order valence-corrected chi connectivity index (χ0v) is 4.60. The average Bonchev–Trinajstić information content (AvgIpc) is 1.65. The van der Waals surface area contributed by atoms with Gasteiger partial charge in [-0.15, -0.1) is 0 Å². The van der Waals surface area contributed by atoms with Crippen LogP contribution in [0.3, 0.4) is 0 Å². The number of Topliss-reactive ketones (excluding diaryl/α,β-unsaturated/α-hetero) is 2. The molecule has 3 heteroatoms. The molecule has 8 heavy (non-hydrogen) atoms. The topological polar surface area (TPSA) is 58.0 Å². The Hall–Kier alpha value is -0.990. The lowest BCUT2D eigenvalue weighted by Crippen LogP contribution is -2.03. The van der Waals surface area contributed by atoms with Gasteiger partial charge in [-0.2, -0.15) is 0 Å². The number of rotatable bonds is 3. The van der Waals surface area contributed by atoms with Gasteiger partial charge in [-0.05, 0) is 6.92 Å². The minimum Gasteiger partial charge on any atom is -0.305 e. The highest BCUT2D eigenvalue weighted by molar-refractivity contribution is 6.30. The number of nitrogens with one attached hydrogen (secondary N) is 1. The summed E-state index contributed by atoms with van der Waals surface area (Å²) in [5.74, 6) is -0.629. The van der Waals surface area contributed by atoms with E-state index >= 15 is 0 Å². The molecule has 0 aromatic rings. The maximum absolute atomic E-state index is 10.2. The van der Waals surface area contributed by atoms with Gasteiger partial charge in [0.05, 0.1) is 12.6 Å². The Labute approximate surface area is 47.2 Å². The molecule has 0 saturated heterocycles. The zero-order chi connectivity index (χ0) is 6.57. The summed E-state index contributed by atoms with van der Waals surface area (Å²) >= 11 is 0. The second-order valence-corrected chi connectivity index (χ2v) is 1.49. The summed E-state index contributed by atoms with van der Waals surface area (Å²) < 4.78 is 0. The van der Waals surface area contributed by atoms with Crippen molar-refractivity contribution in [2.24, 2.45) is 0 Å². The van der Waals surface area contributed by atoms with Crippen LogP contribution in [-0.4, -0.2) is 17.8 Å². The van der Waals surface area contributed by atoms with Gasteiger partial charge < -0.3 is 5.41 Å². The summed E-state index contributed by atoms with van der Waals surface area (Å²) in [6, 6.07) is 0. The number of hydrogen-bond donors (Lipinski definition) is 1. The highest BCUT2D eigenvalue weighted by atomic mass is 16.1. The largest absolute Gasteiger partial charge is 0.305 e. The van der Waals surface area contributed by atoms with Crippen LogP contribution in [0.5, 0.6) is 0 Å². The lowest BCUT2D eigenvalue weighted by Gasteiger charge is -1.82. The Morgan fingerprint density at radius 3 is 2.25 bits per heavy atom. The van der Waals surface area contributed by atoms with E-state index in [1.165, 1.54) is 6.92 Å². The maximum Gasteiger partial charge on any atom is 0.180 e. The molecule has 44 valence electrons. The molecule has 0 amide bonds. The van der Waals surface area contributed by atoms with Crippen molar-refractivity contribution in [1.29, 1.82) is 5.41 Å². The first-order valence-corrected chi connectivity index (χ1v) is 2.19. The molecule has 0 aliphatic heterocycles. The van der Waals surface area contributed by atoms with Crippen LogP contribution in [0, 0.1) is 5.41 Å². The Balaban J connectivity index is 3.55. The van der Waals surface area contributed by atoms with Crippen LogP contribution in [-0.2, 0) is 9.59 Å². The third kappa shape index (κ3) is 3.21. The van der Waals surface area contributed by atoms with Gasteiger partial charge in [-0.1, -0.05) is 0 Å². The molecule has 0 unspecified atom stereocenters. The van der Waals surface area contributed by atoms with E-state index in [0.29, 0.717) is 6.21 Å². The van der Waals surface area contributed by atoms with Gasteiger partial charge in [0.25, 0.3) is 0 Å². The summed E-state index contributed by atoms with van der Waals surface area (Å²) in [6.07, 6.45) is 0.519. The van der Waals surface area contributed by atoms with Crippen molar-refractivity contribution < 1.29 is 9.59 Å². The van der Waals surface area contributed by atoms with Crippen molar-refractivity contribution in [3.63, 3.8) is 0 Å². The highest BCUT2D eigenvalue weighted by Gasteiger charge is 1.98. The fraction of sp³-hybridized carbons (Fsp3) is 0.400. The van der Waals surface area contributed by atoms with E-state index in [1.54, 1.807) is 0 Å². The van der Waals surface area contributed by atoms with Crippen LogP contribution in [0.4, 0.5) is 0 Å². The predicted octanol–water partition coefficient (Wildman–Crippen LogP) is 0.184. The molecule has 0 aromatic heterocycles. The Morgan fingerprint density at radius 2 is 2.12 bits per heavy atom. The van der Waals surface area contributed by atoms with Crippen LogP contribution >= 0.6 is 0 Å². The third-order valence-corrected chi connectivity index (χ3v) is 0.584. The van der Waals surface area contributed by atoms with Gasteiger partial charge in [-0.3, -0.25) is 9.59 Å². The van der Waals surface area contributed by atoms with E-state index in [9.17, 15) is 9.59 Å². The van der Waals surface area contributed by atoms with E-state index in [2.05, 4.69) is 0 Å². The minimum atomic E-state index is -0.433. The minimum absolute atomic E-state index is 0.135. The summed E-state index contributed by atoms with van der Waals surface area (Å²) in [7, 11) is 0. The molecule has 0 fully saturated rings. The van der Waals surface area contributed by atoms with E-state index in [-0.39, 0.29) is 12.2 Å². The van der Waals surface area contributed by atoms with Gasteiger partial charge in [0, 0.05) is 0 Å². The number of carbonyl (C=O) groups is 2. The Kier molecular flexibility index (Phi) is 2.69. The lowest BCUT2D eigenvalue weighted by atomic mass is 10.2. The fourth-order valence-electron chi connectivity index (χ4n) is 0.296. The van der Waals surface area contributed by atoms with Crippen LogP contribution in [0.25, 0.3) is 0 Å². The Morgan fingerprint density at radius 1 is 1.62 bits per heavy atom. The van der Waals surface area contributed by atoms with Crippen molar-refractivity contribution in [3.05, 3.63) is 0 Å². The smallest absolute Gasteiger partial charge is 0.180 e. The van der Waals surface area contributed by atoms with E-state index < -0.39 is 5.78 Å². The first-order valence-electron chi connectivity index (χ1n) is 2.19.